The number of nitrogens with zero attached hydrogens (tertiary/aromatic N) is 1. The molecule has 140 valence electrons. The average molecular weight is 390 g/mol. The summed E-state index contributed by atoms with van der Waals surface area (Å²) in [6, 6.07) is 11.1. The lowest BCUT2D eigenvalue weighted by Gasteiger charge is -2.11. The molecule has 3 rings (SSSR count). The van der Waals surface area contributed by atoms with Crippen molar-refractivity contribution in [1.82, 2.24) is 9.88 Å². The number of aliphatic hydroxyl groups excluding tert-OH is 1. The molecule has 3 N–H and O–H groups in total. The molecule has 0 aliphatic heterocycles. The van der Waals surface area contributed by atoms with E-state index in [0.29, 0.717) is 5.56 Å². The summed E-state index contributed by atoms with van der Waals surface area (Å²) in [4.78, 5) is 23.9. The first-order valence-electron chi connectivity index (χ1n) is 8.13. The van der Waals surface area contributed by atoms with Gasteiger partial charge in [-0.3, -0.25) is 9.59 Å². The van der Waals surface area contributed by atoms with Gasteiger partial charge < -0.3 is 20.3 Å². The van der Waals surface area contributed by atoms with Gasteiger partial charge in [0.15, 0.2) is 0 Å². The van der Waals surface area contributed by atoms with E-state index < -0.39 is 23.7 Å². The molecule has 0 aliphatic carbocycles. The molecule has 0 saturated heterocycles. The number of aryl methyl sites for hydroxylation is 1. The van der Waals surface area contributed by atoms with E-state index in [4.69, 9.17) is 11.6 Å². The maximum atomic E-state index is 13.1. The van der Waals surface area contributed by atoms with Gasteiger partial charge in [-0.25, -0.2) is 4.39 Å². The second kappa shape index (κ2) is 7.77. The highest BCUT2D eigenvalue weighted by molar-refractivity contribution is 6.39. The van der Waals surface area contributed by atoms with Crippen molar-refractivity contribution in [1.29, 1.82) is 0 Å². The van der Waals surface area contributed by atoms with Crippen molar-refractivity contribution < 1.29 is 19.1 Å². The smallest absolute Gasteiger partial charge is 0.313 e. The first-order chi connectivity index (χ1) is 12.9. The van der Waals surface area contributed by atoms with Crippen LogP contribution in [0.2, 0.25) is 5.02 Å². The van der Waals surface area contributed by atoms with Gasteiger partial charge in [-0.1, -0.05) is 29.8 Å². The van der Waals surface area contributed by atoms with Gasteiger partial charge in [-0.05, 0) is 24.3 Å². The number of amides is 2. The summed E-state index contributed by atoms with van der Waals surface area (Å²) in [5.74, 6) is -2.49. The van der Waals surface area contributed by atoms with Gasteiger partial charge in [0, 0.05) is 41.9 Å². The monoisotopic (exact) mass is 389 g/mol. The maximum absolute atomic E-state index is 13.1. The van der Waals surface area contributed by atoms with Crippen molar-refractivity contribution >= 4 is 40.0 Å². The fraction of sp³-hybridized carbons (Fsp3) is 0.158. The van der Waals surface area contributed by atoms with Crippen molar-refractivity contribution in [2.24, 2.45) is 7.05 Å². The average Bonchev–Trinajstić information content (AvgIpc) is 2.99. The van der Waals surface area contributed by atoms with Crippen LogP contribution in [-0.4, -0.2) is 28.0 Å². The van der Waals surface area contributed by atoms with Gasteiger partial charge in [-0.2, -0.15) is 0 Å². The predicted octanol–water partition coefficient (Wildman–Crippen LogP) is 2.76. The summed E-state index contributed by atoms with van der Waals surface area (Å²) in [5.41, 5.74) is 1.79. The lowest BCUT2D eigenvalue weighted by atomic mass is 10.1. The summed E-state index contributed by atoms with van der Waals surface area (Å²) in [5, 5.41) is 15.8. The third kappa shape index (κ3) is 4.10. The highest BCUT2D eigenvalue weighted by Crippen LogP contribution is 2.25. The van der Waals surface area contributed by atoms with Crippen LogP contribution in [0.1, 0.15) is 11.7 Å². The minimum Gasteiger partial charge on any atom is -0.386 e. The minimum absolute atomic E-state index is 0.134. The Balaban J connectivity index is 1.62. The van der Waals surface area contributed by atoms with Gasteiger partial charge in [0.1, 0.15) is 5.82 Å². The molecule has 27 heavy (non-hydrogen) atoms. The number of hydrogen-bond acceptors (Lipinski definition) is 3. The third-order valence-electron chi connectivity index (χ3n) is 4.13. The Morgan fingerprint density at radius 1 is 1.22 bits per heavy atom. The third-order valence-corrected chi connectivity index (χ3v) is 4.42. The molecule has 2 amide bonds. The van der Waals surface area contributed by atoms with Gasteiger partial charge in [0.25, 0.3) is 0 Å². The topological polar surface area (TPSA) is 83.4 Å². The number of benzene rings is 2. The van der Waals surface area contributed by atoms with E-state index in [1.54, 1.807) is 6.20 Å². The molecule has 1 unspecified atom stereocenters. The van der Waals surface area contributed by atoms with Crippen molar-refractivity contribution in [3.8, 4) is 0 Å². The van der Waals surface area contributed by atoms with Crippen LogP contribution in [0.3, 0.4) is 0 Å². The highest BCUT2D eigenvalue weighted by Gasteiger charge is 2.19. The second-order valence-electron chi connectivity index (χ2n) is 6.02. The summed E-state index contributed by atoms with van der Waals surface area (Å²) in [6.45, 7) is -0.134. The second-order valence-corrected chi connectivity index (χ2v) is 6.43. The molecule has 0 bridgehead atoms. The van der Waals surface area contributed by atoms with E-state index in [-0.39, 0.29) is 17.3 Å². The number of anilines is 1. The number of carbonyl (C=O) groups excluding carboxylic acids is 2. The number of hydrogen-bond donors (Lipinski definition) is 3. The molecule has 6 nitrogen and oxygen atoms in total. The van der Waals surface area contributed by atoms with Gasteiger partial charge in [-0.15, -0.1) is 0 Å². The zero-order chi connectivity index (χ0) is 19.6. The first-order valence-corrected chi connectivity index (χ1v) is 8.51. The summed E-state index contributed by atoms with van der Waals surface area (Å²) >= 11 is 5.64. The van der Waals surface area contributed by atoms with Crippen molar-refractivity contribution in [2.45, 2.75) is 6.10 Å². The number of rotatable bonds is 4. The Morgan fingerprint density at radius 2 is 1.96 bits per heavy atom. The van der Waals surface area contributed by atoms with Crippen molar-refractivity contribution in [3.05, 3.63) is 65.1 Å². The fourth-order valence-electron chi connectivity index (χ4n) is 2.78. The highest BCUT2D eigenvalue weighted by atomic mass is 35.5. The summed E-state index contributed by atoms with van der Waals surface area (Å²) in [6.07, 6.45) is 0.801. The Labute approximate surface area is 159 Å². The summed E-state index contributed by atoms with van der Waals surface area (Å²) < 4.78 is 15.0. The molecule has 1 heterocycles. The number of halogens is 2. The van der Waals surface area contributed by atoms with Crippen LogP contribution in [0.4, 0.5) is 10.1 Å². The molecule has 1 atom stereocenters. The van der Waals surface area contributed by atoms with Crippen LogP contribution >= 0.6 is 11.6 Å². The lowest BCUT2D eigenvalue weighted by molar-refractivity contribution is -0.136. The zero-order valence-electron chi connectivity index (χ0n) is 14.4. The van der Waals surface area contributed by atoms with Crippen LogP contribution in [-0.2, 0) is 16.6 Å². The fourth-order valence-corrected chi connectivity index (χ4v) is 2.96. The van der Waals surface area contributed by atoms with Gasteiger partial charge in [0.2, 0.25) is 0 Å². The van der Waals surface area contributed by atoms with Crippen LogP contribution in [0.15, 0.2) is 48.7 Å². The number of nitrogens with one attached hydrogen (secondary N) is 2. The molecule has 0 saturated carbocycles. The van der Waals surface area contributed by atoms with E-state index in [2.05, 4.69) is 10.6 Å². The molecular formula is C19H17ClFN3O3. The molecule has 2 aromatic carbocycles. The number of carbonyl (C=O) groups is 2. The van der Waals surface area contributed by atoms with E-state index in [1.807, 2.05) is 35.9 Å². The summed E-state index contributed by atoms with van der Waals surface area (Å²) in [7, 11) is 1.86. The quantitative estimate of drug-likeness (QED) is 0.600. The molecule has 1 aromatic heterocycles. The van der Waals surface area contributed by atoms with Gasteiger partial charge >= 0.3 is 11.8 Å². The minimum atomic E-state index is -0.979. The molecule has 0 fully saturated rings. The molecule has 8 heteroatoms. The zero-order valence-corrected chi connectivity index (χ0v) is 15.1. The largest absolute Gasteiger partial charge is 0.386 e. The van der Waals surface area contributed by atoms with Crippen molar-refractivity contribution in [3.63, 3.8) is 0 Å². The van der Waals surface area contributed by atoms with Crippen LogP contribution in [0.5, 0.6) is 0 Å². The molecule has 0 radical (unpaired) electrons. The first kappa shape index (κ1) is 18.9. The SMILES string of the molecule is Cn1cc(C(O)CNC(=O)C(=O)Nc2ccc(F)c(Cl)c2)c2ccccc21. The Hall–Kier alpha value is -2.90. The Morgan fingerprint density at radius 3 is 2.70 bits per heavy atom. The number of aliphatic hydroxyl groups is 1. The van der Waals surface area contributed by atoms with Crippen LogP contribution in [0, 0.1) is 5.82 Å². The van der Waals surface area contributed by atoms with E-state index in [9.17, 15) is 19.1 Å². The Bertz CT molecular complexity index is 1020. The number of fused-ring (bicyclic) bond motifs is 1. The number of para-hydroxylation sites is 1. The molecule has 3 aromatic rings. The van der Waals surface area contributed by atoms with E-state index in [0.717, 1.165) is 17.0 Å². The molecular weight excluding hydrogens is 373 g/mol. The Kier molecular flexibility index (Phi) is 5.43. The normalized spacial score (nSPS) is 12.0. The van der Waals surface area contributed by atoms with Crippen molar-refractivity contribution in [2.75, 3.05) is 11.9 Å². The molecule has 0 aliphatic rings. The van der Waals surface area contributed by atoms with E-state index >= 15 is 0 Å². The predicted molar refractivity (Wildman–Crippen MR) is 101 cm³/mol. The van der Waals surface area contributed by atoms with Crippen LogP contribution < -0.4 is 10.6 Å². The lowest BCUT2D eigenvalue weighted by Crippen LogP contribution is -2.37. The van der Waals surface area contributed by atoms with Crippen LogP contribution in [0.25, 0.3) is 10.9 Å². The standard InChI is InChI=1S/C19H17ClFN3O3/c1-24-10-13(12-4-2-3-5-16(12)24)17(25)9-22-18(26)19(27)23-11-6-7-15(21)14(20)8-11/h2-8,10,17,25H,9H2,1H3,(H,22,26)(H,23,27). The van der Waals surface area contributed by atoms with E-state index in [1.165, 1.54) is 12.1 Å². The van der Waals surface area contributed by atoms with Gasteiger partial charge in [0.05, 0.1) is 11.1 Å². The molecule has 0 spiro atoms. The number of aromatic nitrogens is 1. The maximum Gasteiger partial charge on any atom is 0.313 e.